The van der Waals surface area contributed by atoms with Gasteiger partial charge < -0.3 is 4.98 Å². The number of aromatic amines is 1. The first-order valence-electron chi connectivity index (χ1n) is 7.53. The molecular formula is C17H20N2OS. The standard InChI is InChI=1S/C17H20N2OS/c1-12-15(11-13-7-3-2-4-8-13)16(20)19-17(18-12)21-14-9-5-6-10-14/h2-4,7-8,14H,5-6,9-11H2,1H3,(H,18,19,20). The lowest BCUT2D eigenvalue weighted by molar-refractivity contribution is 0.844. The number of nitrogens with zero attached hydrogens (tertiary/aromatic N) is 1. The first-order valence-corrected chi connectivity index (χ1v) is 8.41. The van der Waals surface area contributed by atoms with Crippen LogP contribution in [-0.4, -0.2) is 15.2 Å². The molecule has 1 aliphatic rings. The van der Waals surface area contributed by atoms with Crippen LogP contribution in [0, 0.1) is 6.92 Å². The number of rotatable bonds is 4. The molecule has 21 heavy (non-hydrogen) atoms. The topological polar surface area (TPSA) is 45.8 Å². The van der Waals surface area contributed by atoms with Gasteiger partial charge in [-0.05, 0) is 25.3 Å². The number of aryl methyl sites for hydroxylation is 1. The number of thioether (sulfide) groups is 1. The molecule has 3 nitrogen and oxygen atoms in total. The van der Waals surface area contributed by atoms with E-state index in [1.165, 1.54) is 25.7 Å². The van der Waals surface area contributed by atoms with Gasteiger partial charge in [0.15, 0.2) is 5.16 Å². The largest absolute Gasteiger partial charge is 0.301 e. The van der Waals surface area contributed by atoms with Crippen molar-refractivity contribution in [3.63, 3.8) is 0 Å². The Kier molecular flexibility index (Phi) is 4.44. The maximum atomic E-state index is 12.3. The summed E-state index contributed by atoms with van der Waals surface area (Å²) in [6.45, 7) is 1.94. The summed E-state index contributed by atoms with van der Waals surface area (Å²) in [5.41, 5.74) is 2.77. The van der Waals surface area contributed by atoms with E-state index in [4.69, 9.17) is 0 Å². The van der Waals surface area contributed by atoms with Gasteiger partial charge in [0.2, 0.25) is 0 Å². The molecule has 110 valence electrons. The van der Waals surface area contributed by atoms with Crippen LogP contribution in [0.1, 0.15) is 42.5 Å². The molecule has 0 amide bonds. The number of H-pyrrole nitrogens is 1. The van der Waals surface area contributed by atoms with Crippen molar-refractivity contribution in [2.45, 2.75) is 49.4 Å². The fourth-order valence-electron chi connectivity index (χ4n) is 2.81. The first kappa shape index (κ1) is 14.4. The highest BCUT2D eigenvalue weighted by Gasteiger charge is 2.18. The molecule has 0 atom stereocenters. The summed E-state index contributed by atoms with van der Waals surface area (Å²) in [4.78, 5) is 19.9. The van der Waals surface area contributed by atoms with Gasteiger partial charge in [0, 0.05) is 22.9 Å². The molecule has 0 bridgehead atoms. The van der Waals surface area contributed by atoms with Gasteiger partial charge in [0.1, 0.15) is 0 Å². The van der Waals surface area contributed by atoms with Crippen LogP contribution in [0.3, 0.4) is 0 Å². The van der Waals surface area contributed by atoms with Gasteiger partial charge in [0.05, 0.1) is 0 Å². The SMILES string of the molecule is Cc1nc(SC2CCCC2)[nH]c(=O)c1Cc1ccccc1. The van der Waals surface area contributed by atoms with Gasteiger partial charge >= 0.3 is 0 Å². The molecule has 0 aliphatic heterocycles. The van der Waals surface area contributed by atoms with Crippen LogP contribution in [-0.2, 0) is 6.42 Å². The molecule has 1 aromatic carbocycles. The second kappa shape index (κ2) is 6.48. The maximum absolute atomic E-state index is 12.3. The highest BCUT2D eigenvalue weighted by molar-refractivity contribution is 7.99. The van der Waals surface area contributed by atoms with E-state index >= 15 is 0 Å². The van der Waals surface area contributed by atoms with Crippen molar-refractivity contribution in [2.75, 3.05) is 0 Å². The molecule has 1 aliphatic carbocycles. The molecule has 1 heterocycles. The molecule has 0 radical (unpaired) electrons. The van der Waals surface area contributed by atoms with Crippen LogP contribution >= 0.6 is 11.8 Å². The smallest absolute Gasteiger partial charge is 0.255 e. The Morgan fingerprint density at radius 1 is 1.24 bits per heavy atom. The molecule has 1 N–H and O–H groups in total. The fraction of sp³-hybridized carbons (Fsp3) is 0.412. The molecule has 0 spiro atoms. The van der Waals surface area contributed by atoms with Crippen LogP contribution in [0.5, 0.6) is 0 Å². The van der Waals surface area contributed by atoms with E-state index < -0.39 is 0 Å². The van der Waals surface area contributed by atoms with Crippen LogP contribution in [0.4, 0.5) is 0 Å². The minimum absolute atomic E-state index is 0.00634. The second-order valence-electron chi connectivity index (χ2n) is 5.62. The Hall–Kier alpha value is -1.55. The van der Waals surface area contributed by atoms with Gasteiger partial charge in [-0.1, -0.05) is 54.9 Å². The van der Waals surface area contributed by atoms with Gasteiger partial charge in [-0.3, -0.25) is 4.79 Å². The molecule has 0 unspecified atom stereocenters. The van der Waals surface area contributed by atoms with Gasteiger partial charge in [0.25, 0.3) is 5.56 Å². The fourth-order valence-corrected chi connectivity index (χ4v) is 4.04. The molecule has 2 aromatic rings. The lowest BCUT2D eigenvalue weighted by atomic mass is 10.1. The zero-order valence-corrected chi connectivity index (χ0v) is 13.1. The van der Waals surface area contributed by atoms with E-state index in [0.29, 0.717) is 11.7 Å². The molecule has 4 heteroatoms. The minimum Gasteiger partial charge on any atom is -0.301 e. The predicted molar refractivity (Wildman–Crippen MR) is 87.0 cm³/mol. The molecule has 0 saturated heterocycles. The number of benzene rings is 1. The normalized spacial score (nSPS) is 15.5. The Morgan fingerprint density at radius 2 is 1.95 bits per heavy atom. The zero-order chi connectivity index (χ0) is 14.7. The van der Waals surface area contributed by atoms with Crippen molar-refractivity contribution in [3.8, 4) is 0 Å². The van der Waals surface area contributed by atoms with Crippen LogP contribution in [0.25, 0.3) is 0 Å². The summed E-state index contributed by atoms with van der Waals surface area (Å²) in [7, 11) is 0. The Bertz CT molecular complexity index is 660. The van der Waals surface area contributed by atoms with E-state index in [-0.39, 0.29) is 5.56 Å². The Labute approximate surface area is 129 Å². The van der Waals surface area contributed by atoms with E-state index in [1.54, 1.807) is 11.8 Å². The van der Waals surface area contributed by atoms with Crippen molar-refractivity contribution < 1.29 is 0 Å². The summed E-state index contributed by atoms with van der Waals surface area (Å²) >= 11 is 1.73. The second-order valence-corrected chi connectivity index (χ2v) is 6.91. The van der Waals surface area contributed by atoms with Gasteiger partial charge in [-0.15, -0.1) is 0 Å². The van der Waals surface area contributed by atoms with Crippen molar-refractivity contribution >= 4 is 11.8 Å². The number of nitrogens with one attached hydrogen (secondary N) is 1. The van der Waals surface area contributed by atoms with E-state index in [9.17, 15) is 4.79 Å². The average Bonchev–Trinajstić information content (AvgIpc) is 2.97. The monoisotopic (exact) mass is 300 g/mol. The van der Waals surface area contributed by atoms with Crippen LogP contribution in [0.2, 0.25) is 0 Å². The maximum Gasteiger partial charge on any atom is 0.255 e. The molecular weight excluding hydrogens is 280 g/mol. The average molecular weight is 300 g/mol. The summed E-state index contributed by atoms with van der Waals surface area (Å²) in [5.74, 6) is 0. The quantitative estimate of drug-likeness (QED) is 0.876. The van der Waals surface area contributed by atoms with Crippen molar-refractivity contribution in [1.29, 1.82) is 0 Å². The van der Waals surface area contributed by atoms with E-state index in [0.717, 1.165) is 22.0 Å². The number of hydrogen-bond acceptors (Lipinski definition) is 3. The summed E-state index contributed by atoms with van der Waals surface area (Å²) in [6, 6.07) is 10.1. The first-order chi connectivity index (χ1) is 10.2. The van der Waals surface area contributed by atoms with E-state index in [1.807, 2.05) is 37.3 Å². The van der Waals surface area contributed by atoms with Crippen molar-refractivity contribution in [2.24, 2.45) is 0 Å². The number of aromatic nitrogens is 2. The van der Waals surface area contributed by atoms with E-state index in [2.05, 4.69) is 9.97 Å². The molecule has 1 saturated carbocycles. The number of hydrogen-bond donors (Lipinski definition) is 1. The third kappa shape index (κ3) is 3.56. The van der Waals surface area contributed by atoms with Crippen molar-refractivity contribution in [1.82, 2.24) is 9.97 Å². The van der Waals surface area contributed by atoms with Gasteiger partial charge in [-0.25, -0.2) is 4.98 Å². The Balaban J connectivity index is 1.81. The van der Waals surface area contributed by atoms with Crippen LogP contribution in [0.15, 0.2) is 40.3 Å². The summed E-state index contributed by atoms with van der Waals surface area (Å²) in [5, 5.41) is 1.40. The lowest BCUT2D eigenvalue weighted by Crippen LogP contribution is -2.18. The zero-order valence-electron chi connectivity index (χ0n) is 12.3. The highest BCUT2D eigenvalue weighted by atomic mass is 32.2. The highest BCUT2D eigenvalue weighted by Crippen LogP contribution is 2.32. The third-order valence-electron chi connectivity index (χ3n) is 4.00. The molecule has 1 fully saturated rings. The Morgan fingerprint density at radius 3 is 2.62 bits per heavy atom. The third-order valence-corrected chi connectivity index (χ3v) is 5.23. The van der Waals surface area contributed by atoms with Crippen molar-refractivity contribution in [3.05, 3.63) is 57.5 Å². The summed E-state index contributed by atoms with van der Waals surface area (Å²) in [6.07, 6.45) is 5.71. The minimum atomic E-state index is 0.00634. The predicted octanol–water partition coefficient (Wildman–Crippen LogP) is 3.70. The summed E-state index contributed by atoms with van der Waals surface area (Å²) < 4.78 is 0. The molecule has 3 rings (SSSR count). The lowest BCUT2D eigenvalue weighted by Gasteiger charge is -2.10. The van der Waals surface area contributed by atoms with Gasteiger partial charge in [-0.2, -0.15) is 0 Å². The molecule has 1 aromatic heterocycles. The van der Waals surface area contributed by atoms with Crippen LogP contribution < -0.4 is 5.56 Å².